The van der Waals surface area contributed by atoms with Gasteiger partial charge in [0.1, 0.15) is 0 Å². The van der Waals surface area contributed by atoms with Crippen molar-refractivity contribution >= 4 is 5.78 Å². The Kier molecular flexibility index (Phi) is 3.87. The number of hydrogen-bond donors (Lipinski definition) is 0. The third kappa shape index (κ3) is 3.46. The molecule has 0 saturated heterocycles. The minimum atomic E-state index is -0.205. The maximum atomic E-state index is 11.5. The number of hydrogen-bond acceptors (Lipinski definition) is 2. The summed E-state index contributed by atoms with van der Waals surface area (Å²) >= 11 is 0. The molecule has 0 saturated carbocycles. The molecular formula is C14H20O2. The molecule has 1 unspecified atom stereocenters. The lowest BCUT2D eigenvalue weighted by atomic mass is 10.00. The highest BCUT2D eigenvalue weighted by molar-refractivity contribution is 5.95. The van der Waals surface area contributed by atoms with Gasteiger partial charge < -0.3 is 4.74 Å². The van der Waals surface area contributed by atoms with Crippen LogP contribution in [0.5, 0.6) is 0 Å². The molecule has 16 heavy (non-hydrogen) atoms. The van der Waals surface area contributed by atoms with Gasteiger partial charge in [0.05, 0.1) is 11.7 Å². The number of ketones is 1. The normalized spacial score (nSPS) is 13.6. The van der Waals surface area contributed by atoms with E-state index < -0.39 is 0 Å². The zero-order chi connectivity index (χ0) is 12.3. The predicted octanol–water partition coefficient (Wildman–Crippen LogP) is 3.77. The monoisotopic (exact) mass is 220 g/mol. The molecule has 2 nitrogen and oxygen atoms in total. The highest BCUT2D eigenvalue weighted by Gasteiger charge is 2.19. The van der Waals surface area contributed by atoms with Gasteiger partial charge >= 0.3 is 0 Å². The van der Waals surface area contributed by atoms with Crippen LogP contribution < -0.4 is 0 Å². The molecule has 1 aromatic rings. The maximum absolute atomic E-state index is 11.5. The van der Waals surface area contributed by atoms with E-state index in [2.05, 4.69) is 0 Å². The Hall–Kier alpha value is -1.15. The standard InChI is InChI=1S/C14H20O2/c1-10(15)12-8-6-7-9-13(12)11(2)16-14(3,4)5/h6-9,11H,1-5H3. The van der Waals surface area contributed by atoms with Crippen LogP contribution in [0, 0.1) is 0 Å². The number of carbonyl (C=O) groups is 1. The average molecular weight is 220 g/mol. The van der Waals surface area contributed by atoms with E-state index in [1.165, 1.54) is 0 Å². The van der Waals surface area contributed by atoms with Gasteiger partial charge in [-0.05, 0) is 40.2 Å². The van der Waals surface area contributed by atoms with Gasteiger partial charge in [0.2, 0.25) is 0 Å². The fraction of sp³-hybridized carbons (Fsp3) is 0.500. The first-order valence-electron chi connectivity index (χ1n) is 5.59. The van der Waals surface area contributed by atoms with Crippen molar-refractivity contribution in [1.82, 2.24) is 0 Å². The van der Waals surface area contributed by atoms with Gasteiger partial charge in [-0.25, -0.2) is 0 Å². The fourth-order valence-electron chi connectivity index (χ4n) is 1.77. The molecule has 0 aromatic heterocycles. The zero-order valence-corrected chi connectivity index (χ0v) is 10.7. The van der Waals surface area contributed by atoms with Gasteiger partial charge in [-0.2, -0.15) is 0 Å². The number of benzene rings is 1. The SMILES string of the molecule is CC(=O)c1ccccc1C(C)OC(C)(C)C. The van der Waals surface area contributed by atoms with Crippen molar-refractivity contribution < 1.29 is 9.53 Å². The summed E-state index contributed by atoms with van der Waals surface area (Å²) in [5.41, 5.74) is 1.51. The Labute approximate surface area is 97.6 Å². The van der Waals surface area contributed by atoms with Crippen molar-refractivity contribution in [2.45, 2.75) is 46.3 Å². The second-order valence-corrected chi connectivity index (χ2v) is 5.02. The molecule has 0 radical (unpaired) electrons. The van der Waals surface area contributed by atoms with Gasteiger partial charge in [0.15, 0.2) is 5.78 Å². The van der Waals surface area contributed by atoms with E-state index in [1.54, 1.807) is 6.92 Å². The molecule has 2 heteroatoms. The second-order valence-electron chi connectivity index (χ2n) is 5.02. The Morgan fingerprint density at radius 1 is 1.25 bits per heavy atom. The van der Waals surface area contributed by atoms with Crippen LogP contribution >= 0.6 is 0 Å². The van der Waals surface area contributed by atoms with Crippen molar-refractivity contribution in [2.24, 2.45) is 0 Å². The summed E-state index contributed by atoms with van der Waals surface area (Å²) in [6.45, 7) is 9.61. The quantitative estimate of drug-likeness (QED) is 0.725. The fourth-order valence-corrected chi connectivity index (χ4v) is 1.77. The summed E-state index contributed by atoms with van der Waals surface area (Å²) in [5, 5.41) is 0. The Bertz CT molecular complexity index is 375. The van der Waals surface area contributed by atoms with E-state index in [4.69, 9.17) is 4.74 Å². The number of carbonyl (C=O) groups excluding carboxylic acids is 1. The van der Waals surface area contributed by atoms with Crippen LogP contribution in [0.2, 0.25) is 0 Å². The first-order valence-corrected chi connectivity index (χ1v) is 5.59. The van der Waals surface area contributed by atoms with Crippen LogP contribution in [0.1, 0.15) is 56.6 Å². The van der Waals surface area contributed by atoms with Crippen LogP contribution in [0.15, 0.2) is 24.3 Å². The Morgan fingerprint density at radius 2 is 1.81 bits per heavy atom. The minimum Gasteiger partial charge on any atom is -0.368 e. The number of Topliss-reactive ketones (excluding diaryl/α,β-unsaturated/α-hetero) is 1. The molecule has 0 spiro atoms. The predicted molar refractivity (Wildman–Crippen MR) is 65.7 cm³/mol. The first-order chi connectivity index (χ1) is 7.31. The molecule has 1 atom stereocenters. The molecule has 0 aliphatic carbocycles. The van der Waals surface area contributed by atoms with Crippen molar-refractivity contribution in [3.05, 3.63) is 35.4 Å². The van der Waals surface area contributed by atoms with E-state index in [9.17, 15) is 4.79 Å². The molecule has 0 heterocycles. The van der Waals surface area contributed by atoms with Crippen LogP contribution in [-0.4, -0.2) is 11.4 Å². The molecule has 0 N–H and O–H groups in total. The van der Waals surface area contributed by atoms with Gasteiger partial charge in [0, 0.05) is 5.56 Å². The van der Waals surface area contributed by atoms with E-state index in [0.29, 0.717) is 0 Å². The topological polar surface area (TPSA) is 26.3 Å². The summed E-state index contributed by atoms with van der Waals surface area (Å²) < 4.78 is 5.86. The van der Waals surface area contributed by atoms with E-state index in [0.717, 1.165) is 11.1 Å². The molecule has 0 fully saturated rings. The highest BCUT2D eigenvalue weighted by atomic mass is 16.5. The molecular weight excluding hydrogens is 200 g/mol. The molecule has 1 rings (SSSR count). The lowest BCUT2D eigenvalue weighted by molar-refractivity contribution is -0.0531. The van der Waals surface area contributed by atoms with Crippen molar-refractivity contribution in [3.63, 3.8) is 0 Å². The number of rotatable bonds is 3. The third-order valence-corrected chi connectivity index (χ3v) is 2.31. The molecule has 0 amide bonds. The van der Waals surface area contributed by atoms with Gasteiger partial charge in [-0.1, -0.05) is 24.3 Å². The molecule has 0 bridgehead atoms. The van der Waals surface area contributed by atoms with Crippen LogP contribution in [0.4, 0.5) is 0 Å². The summed E-state index contributed by atoms with van der Waals surface area (Å²) in [6, 6.07) is 7.61. The second kappa shape index (κ2) is 4.79. The molecule has 0 aliphatic heterocycles. The van der Waals surface area contributed by atoms with Crippen LogP contribution in [-0.2, 0) is 4.74 Å². The van der Waals surface area contributed by atoms with Gasteiger partial charge in [-0.15, -0.1) is 0 Å². The van der Waals surface area contributed by atoms with Crippen molar-refractivity contribution in [2.75, 3.05) is 0 Å². The Balaban J connectivity index is 2.99. The maximum Gasteiger partial charge on any atom is 0.160 e. The first kappa shape index (κ1) is 12.9. The Morgan fingerprint density at radius 3 is 2.31 bits per heavy atom. The lowest BCUT2D eigenvalue weighted by Gasteiger charge is -2.26. The van der Waals surface area contributed by atoms with Crippen LogP contribution in [0.3, 0.4) is 0 Å². The molecule has 1 aromatic carbocycles. The summed E-state index contributed by atoms with van der Waals surface area (Å²) in [7, 11) is 0. The zero-order valence-electron chi connectivity index (χ0n) is 10.7. The minimum absolute atomic E-state index is 0.0694. The summed E-state index contributed by atoms with van der Waals surface area (Å²) in [5.74, 6) is 0.0833. The van der Waals surface area contributed by atoms with E-state index in [-0.39, 0.29) is 17.5 Å². The van der Waals surface area contributed by atoms with Crippen molar-refractivity contribution in [1.29, 1.82) is 0 Å². The molecule has 88 valence electrons. The van der Waals surface area contributed by atoms with Gasteiger partial charge in [-0.3, -0.25) is 4.79 Å². The van der Waals surface area contributed by atoms with Gasteiger partial charge in [0.25, 0.3) is 0 Å². The summed E-state index contributed by atoms with van der Waals surface area (Å²) in [4.78, 5) is 11.5. The van der Waals surface area contributed by atoms with Crippen molar-refractivity contribution in [3.8, 4) is 0 Å². The molecule has 0 aliphatic rings. The largest absolute Gasteiger partial charge is 0.368 e. The van der Waals surface area contributed by atoms with Crippen LogP contribution in [0.25, 0.3) is 0 Å². The lowest BCUT2D eigenvalue weighted by Crippen LogP contribution is -2.22. The van der Waals surface area contributed by atoms with E-state index in [1.807, 2.05) is 52.0 Å². The average Bonchev–Trinajstić information content (AvgIpc) is 2.15. The van der Waals surface area contributed by atoms with E-state index >= 15 is 0 Å². The number of ether oxygens (including phenoxy) is 1. The highest BCUT2D eigenvalue weighted by Crippen LogP contribution is 2.26. The smallest absolute Gasteiger partial charge is 0.160 e. The summed E-state index contributed by atoms with van der Waals surface area (Å²) in [6.07, 6.45) is -0.0694. The third-order valence-electron chi connectivity index (χ3n) is 2.31.